The molecule has 0 saturated heterocycles. The van der Waals surface area contributed by atoms with Crippen LogP contribution in [0.15, 0.2) is 188 Å². The van der Waals surface area contributed by atoms with Crippen LogP contribution in [-0.2, 0) is 5.41 Å². The predicted molar refractivity (Wildman–Crippen MR) is 221 cm³/mol. The largest absolute Gasteiger partial charge is 0.264 e. The molecule has 9 aromatic carbocycles. The number of benzene rings is 9. The number of nitrogens with zero attached hydrogens (tertiary/aromatic N) is 1. The van der Waals surface area contributed by atoms with Crippen molar-refractivity contribution in [3.63, 3.8) is 0 Å². The summed E-state index contributed by atoms with van der Waals surface area (Å²) in [5.41, 5.74) is 15.0. The van der Waals surface area contributed by atoms with Crippen molar-refractivity contribution in [2.75, 3.05) is 0 Å². The van der Waals surface area contributed by atoms with Gasteiger partial charge in [-0.3, -0.25) is 4.98 Å². The van der Waals surface area contributed by atoms with Crippen LogP contribution in [0.2, 0.25) is 0 Å². The quantitative estimate of drug-likeness (QED) is 0.167. The summed E-state index contributed by atoms with van der Waals surface area (Å²) in [5, 5.41) is 10.2. The molecule has 244 valence electrons. The lowest BCUT2D eigenvalue weighted by Crippen LogP contribution is -2.31. The highest BCUT2D eigenvalue weighted by molar-refractivity contribution is 6.23. The average molecular weight is 670 g/mol. The molecule has 10 aromatic rings. The molecule has 0 N–H and O–H groups in total. The molecule has 1 spiro atoms. The Morgan fingerprint density at radius 3 is 1.68 bits per heavy atom. The van der Waals surface area contributed by atoms with Gasteiger partial charge in [0.25, 0.3) is 0 Å². The Morgan fingerprint density at radius 1 is 0.340 bits per heavy atom. The number of fused-ring (bicyclic) bond motifs is 12. The van der Waals surface area contributed by atoms with E-state index in [-0.39, 0.29) is 0 Å². The highest BCUT2D eigenvalue weighted by Gasteiger charge is 2.50. The second kappa shape index (κ2) is 10.6. The van der Waals surface area contributed by atoms with Gasteiger partial charge in [0, 0.05) is 18.0 Å². The summed E-state index contributed by atoms with van der Waals surface area (Å²) in [5.74, 6) is 0. The molecule has 2 aliphatic rings. The van der Waals surface area contributed by atoms with Crippen LogP contribution in [-0.4, -0.2) is 4.98 Å². The van der Waals surface area contributed by atoms with Gasteiger partial charge in [-0.1, -0.05) is 164 Å². The van der Waals surface area contributed by atoms with Crippen molar-refractivity contribution in [1.82, 2.24) is 4.98 Å². The summed E-state index contributed by atoms with van der Waals surface area (Å²) in [6, 6.07) is 65.6. The van der Waals surface area contributed by atoms with Crippen LogP contribution in [0.1, 0.15) is 22.3 Å². The first-order chi connectivity index (χ1) is 26.3. The molecule has 1 unspecified atom stereocenters. The van der Waals surface area contributed by atoms with E-state index in [2.05, 4.69) is 182 Å². The van der Waals surface area contributed by atoms with E-state index < -0.39 is 5.41 Å². The molecule has 2 aliphatic carbocycles. The van der Waals surface area contributed by atoms with E-state index in [9.17, 15) is 0 Å². The van der Waals surface area contributed by atoms with Gasteiger partial charge in [-0.25, -0.2) is 0 Å². The van der Waals surface area contributed by atoms with Crippen LogP contribution in [0.25, 0.3) is 87.6 Å². The van der Waals surface area contributed by atoms with E-state index >= 15 is 0 Å². The molecule has 0 saturated carbocycles. The van der Waals surface area contributed by atoms with Crippen LogP contribution < -0.4 is 0 Å². The summed E-state index contributed by atoms with van der Waals surface area (Å²) in [6.45, 7) is 0. The molecule has 0 fully saturated rings. The minimum atomic E-state index is -0.459. The fourth-order valence-corrected chi connectivity index (χ4v) is 10.2. The maximum Gasteiger partial charge on any atom is 0.0726 e. The van der Waals surface area contributed by atoms with Gasteiger partial charge in [0.1, 0.15) is 0 Å². The molecule has 53 heavy (non-hydrogen) atoms. The molecule has 1 atom stereocenters. The van der Waals surface area contributed by atoms with Gasteiger partial charge in [-0.15, -0.1) is 0 Å². The van der Waals surface area contributed by atoms with E-state index in [1.54, 1.807) is 0 Å². The van der Waals surface area contributed by atoms with Gasteiger partial charge in [-0.05, 0) is 116 Å². The summed E-state index contributed by atoms with van der Waals surface area (Å²) in [4.78, 5) is 4.75. The maximum absolute atomic E-state index is 4.75. The van der Waals surface area contributed by atoms with E-state index in [4.69, 9.17) is 4.98 Å². The molecule has 1 aromatic heterocycles. The molecule has 0 aliphatic heterocycles. The first-order valence-corrected chi connectivity index (χ1v) is 18.5. The Bertz CT molecular complexity index is 3120. The van der Waals surface area contributed by atoms with Gasteiger partial charge >= 0.3 is 0 Å². The number of aromatic nitrogens is 1. The Balaban J connectivity index is 1.18. The van der Waals surface area contributed by atoms with Crippen molar-refractivity contribution in [2.45, 2.75) is 5.41 Å². The van der Waals surface area contributed by atoms with Crippen molar-refractivity contribution in [3.8, 4) is 44.5 Å². The molecule has 1 nitrogen and oxygen atoms in total. The Hall–Kier alpha value is -6.83. The van der Waals surface area contributed by atoms with Crippen LogP contribution >= 0.6 is 0 Å². The lowest BCUT2D eigenvalue weighted by Gasteiger charge is -2.40. The first-order valence-electron chi connectivity index (χ1n) is 18.5. The number of hydrogen-bond acceptors (Lipinski definition) is 1. The molecule has 0 amide bonds. The SMILES string of the molecule is c1ccc2c(c1)-c1cccc3cccc(c13)C21c2ccncc2-c2cc(-c3c4ccccc4c(-c4cccc5ccccc45)c4ccccc34)ccc21. The van der Waals surface area contributed by atoms with E-state index in [1.807, 2.05) is 6.20 Å². The lowest BCUT2D eigenvalue weighted by molar-refractivity contribution is 0.772. The first kappa shape index (κ1) is 28.8. The minimum Gasteiger partial charge on any atom is -0.264 e. The van der Waals surface area contributed by atoms with Crippen LogP contribution in [0.3, 0.4) is 0 Å². The van der Waals surface area contributed by atoms with E-state index in [0.29, 0.717) is 0 Å². The minimum absolute atomic E-state index is 0.459. The second-order valence-corrected chi connectivity index (χ2v) is 14.6. The number of hydrogen-bond donors (Lipinski definition) is 0. The van der Waals surface area contributed by atoms with Gasteiger partial charge in [0.05, 0.1) is 5.41 Å². The Morgan fingerprint density at radius 2 is 0.887 bits per heavy atom. The van der Waals surface area contributed by atoms with E-state index in [0.717, 1.165) is 0 Å². The fourth-order valence-electron chi connectivity index (χ4n) is 10.2. The zero-order chi connectivity index (χ0) is 34.7. The van der Waals surface area contributed by atoms with Crippen molar-refractivity contribution in [1.29, 1.82) is 0 Å². The molecule has 0 radical (unpaired) electrons. The Kier molecular flexibility index (Phi) is 5.77. The summed E-state index contributed by atoms with van der Waals surface area (Å²) >= 11 is 0. The highest BCUT2D eigenvalue weighted by Crippen LogP contribution is 2.62. The fraction of sp³-hybridized carbons (Fsp3) is 0.0192. The highest BCUT2D eigenvalue weighted by atomic mass is 14.6. The maximum atomic E-state index is 4.75. The standard InChI is InChI=1S/C52H31N/c1-2-16-35-32(12-1)13-9-22-37(35)51-41-20-5-3-18-39(41)49(40-19-4-6-21-42(40)51)34-26-27-46-43(30-34)44-31-53-29-28-47(44)52(46)45-24-8-7-17-36(45)38-23-10-14-33-15-11-25-48(52)50(33)38/h1-31H. The Labute approximate surface area is 307 Å². The van der Waals surface area contributed by atoms with Crippen LogP contribution in [0.5, 0.6) is 0 Å². The summed E-state index contributed by atoms with van der Waals surface area (Å²) in [6.07, 6.45) is 4.07. The molecule has 1 heteroatoms. The average Bonchev–Trinajstić information content (AvgIpc) is 3.51. The number of pyridine rings is 1. The molecular formula is C52H31N. The van der Waals surface area contributed by atoms with Gasteiger partial charge in [-0.2, -0.15) is 0 Å². The van der Waals surface area contributed by atoms with Gasteiger partial charge in [0.2, 0.25) is 0 Å². The summed E-state index contributed by atoms with van der Waals surface area (Å²) < 4.78 is 0. The monoisotopic (exact) mass is 669 g/mol. The zero-order valence-corrected chi connectivity index (χ0v) is 28.8. The van der Waals surface area contributed by atoms with Crippen molar-refractivity contribution in [3.05, 3.63) is 211 Å². The van der Waals surface area contributed by atoms with E-state index in [1.165, 1.54) is 110 Å². The molecular weight excluding hydrogens is 639 g/mol. The van der Waals surface area contributed by atoms with Crippen molar-refractivity contribution in [2.24, 2.45) is 0 Å². The molecule has 12 rings (SSSR count). The van der Waals surface area contributed by atoms with Crippen LogP contribution in [0, 0.1) is 0 Å². The molecule has 1 heterocycles. The second-order valence-electron chi connectivity index (χ2n) is 14.6. The smallest absolute Gasteiger partial charge is 0.0726 e. The normalized spacial score (nSPS) is 15.2. The van der Waals surface area contributed by atoms with Gasteiger partial charge in [0.15, 0.2) is 0 Å². The third-order valence-corrected chi connectivity index (χ3v) is 12.1. The van der Waals surface area contributed by atoms with Crippen LogP contribution in [0.4, 0.5) is 0 Å². The van der Waals surface area contributed by atoms with Crippen molar-refractivity contribution >= 4 is 43.1 Å². The van der Waals surface area contributed by atoms with Gasteiger partial charge < -0.3 is 0 Å². The summed E-state index contributed by atoms with van der Waals surface area (Å²) in [7, 11) is 0. The number of rotatable bonds is 2. The topological polar surface area (TPSA) is 12.9 Å². The predicted octanol–water partition coefficient (Wildman–Crippen LogP) is 13.4. The molecule has 0 bridgehead atoms. The van der Waals surface area contributed by atoms with Crippen molar-refractivity contribution < 1.29 is 0 Å². The lowest BCUT2D eigenvalue weighted by atomic mass is 9.61. The zero-order valence-electron chi connectivity index (χ0n) is 28.8. The third kappa shape index (κ3) is 3.68. The third-order valence-electron chi connectivity index (χ3n) is 12.1.